The highest BCUT2D eigenvalue weighted by Gasteiger charge is 2.25. The van der Waals surface area contributed by atoms with E-state index < -0.39 is 21.9 Å². The van der Waals surface area contributed by atoms with Crippen LogP contribution in [0.15, 0.2) is 28.9 Å². The van der Waals surface area contributed by atoms with Crippen LogP contribution in [0.5, 0.6) is 0 Å². The van der Waals surface area contributed by atoms with Gasteiger partial charge in [-0.05, 0) is 48.3 Å². The minimum atomic E-state index is -1.58. The SMILES string of the molecule is CC[C@@H](F)C(=CC(C)(C)S(N)=O)c1cccc(Br)n1. The zero-order valence-corrected chi connectivity index (χ0v) is 13.6. The second-order valence-electron chi connectivity index (χ2n) is 4.72. The second-order valence-corrected chi connectivity index (χ2v) is 7.18. The van der Waals surface area contributed by atoms with Gasteiger partial charge in [-0.1, -0.05) is 19.1 Å². The van der Waals surface area contributed by atoms with Crippen LogP contribution in [0, 0.1) is 0 Å². The zero-order valence-electron chi connectivity index (χ0n) is 11.2. The van der Waals surface area contributed by atoms with Crippen LogP contribution in [0.25, 0.3) is 5.57 Å². The van der Waals surface area contributed by atoms with Gasteiger partial charge in [-0.3, -0.25) is 5.14 Å². The summed E-state index contributed by atoms with van der Waals surface area (Å²) in [6, 6.07) is 5.29. The van der Waals surface area contributed by atoms with Crippen molar-refractivity contribution >= 4 is 32.5 Å². The van der Waals surface area contributed by atoms with E-state index in [2.05, 4.69) is 20.9 Å². The molecule has 0 aromatic carbocycles. The summed E-state index contributed by atoms with van der Waals surface area (Å²) in [4.78, 5) is 4.25. The van der Waals surface area contributed by atoms with Crippen LogP contribution < -0.4 is 5.14 Å². The summed E-state index contributed by atoms with van der Waals surface area (Å²) in [5.74, 6) is 0. The molecule has 6 heteroatoms. The fourth-order valence-corrected chi connectivity index (χ4v) is 2.13. The molecule has 0 aliphatic carbocycles. The predicted molar refractivity (Wildman–Crippen MR) is 81.5 cm³/mol. The minimum Gasteiger partial charge on any atom is -0.251 e. The monoisotopic (exact) mass is 348 g/mol. The molecule has 3 nitrogen and oxygen atoms in total. The van der Waals surface area contributed by atoms with Crippen molar-refractivity contribution in [3.63, 3.8) is 0 Å². The molecule has 1 rings (SSSR count). The fraction of sp³-hybridized carbons (Fsp3) is 0.462. The second kappa shape index (κ2) is 6.72. The van der Waals surface area contributed by atoms with E-state index in [1.165, 1.54) is 0 Å². The molecule has 2 N–H and O–H groups in total. The summed E-state index contributed by atoms with van der Waals surface area (Å²) in [6.07, 6.45) is 0.781. The number of allylic oxidation sites excluding steroid dienone is 1. The summed E-state index contributed by atoms with van der Waals surface area (Å²) in [5, 5.41) is 5.44. The molecular formula is C13H18BrFN2OS. The Balaban J connectivity index is 3.31. The number of hydrogen-bond donors (Lipinski definition) is 1. The number of rotatable bonds is 5. The van der Waals surface area contributed by atoms with Gasteiger partial charge in [-0.25, -0.2) is 13.6 Å². The van der Waals surface area contributed by atoms with E-state index in [4.69, 9.17) is 5.14 Å². The van der Waals surface area contributed by atoms with E-state index in [1.54, 1.807) is 45.0 Å². The molecule has 1 unspecified atom stereocenters. The summed E-state index contributed by atoms with van der Waals surface area (Å²) in [5.41, 5.74) is 0.954. The molecule has 1 aromatic rings. The van der Waals surface area contributed by atoms with Gasteiger partial charge in [0, 0.05) is 5.57 Å². The van der Waals surface area contributed by atoms with Gasteiger partial charge >= 0.3 is 0 Å². The molecule has 0 aliphatic heterocycles. The van der Waals surface area contributed by atoms with Crippen LogP contribution in [0.2, 0.25) is 0 Å². The van der Waals surface area contributed by atoms with Crippen LogP contribution in [-0.2, 0) is 11.0 Å². The lowest BCUT2D eigenvalue weighted by Gasteiger charge is -2.20. The topological polar surface area (TPSA) is 56.0 Å². The van der Waals surface area contributed by atoms with Gasteiger partial charge in [0.1, 0.15) is 10.8 Å². The van der Waals surface area contributed by atoms with Crippen LogP contribution in [0.4, 0.5) is 4.39 Å². The predicted octanol–water partition coefficient (Wildman–Crippen LogP) is 3.38. The molecule has 1 aromatic heterocycles. The number of halogens is 2. The lowest BCUT2D eigenvalue weighted by atomic mass is 9.99. The van der Waals surface area contributed by atoms with Crippen molar-refractivity contribution in [1.82, 2.24) is 4.98 Å². The Kier molecular flexibility index (Phi) is 5.82. The lowest BCUT2D eigenvalue weighted by Crippen LogP contribution is -2.30. The number of hydrogen-bond acceptors (Lipinski definition) is 2. The third-order valence-electron chi connectivity index (χ3n) is 2.73. The standard InChI is InChI=1S/C13H18BrFN2OS/c1-4-10(15)9(8-13(2,3)19(16)18)11-6-5-7-12(14)17-11/h5-8,10H,4,16H2,1-3H3/t10-,19?/m1/s1. The van der Waals surface area contributed by atoms with Crippen molar-refractivity contribution in [2.24, 2.45) is 5.14 Å². The Hall–Kier alpha value is -0.590. The first-order valence-corrected chi connectivity index (χ1v) is 7.94. The number of nitrogens with two attached hydrogens (primary N) is 1. The number of aromatic nitrogens is 1. The first-order chi connectivity index (χ1) is 8.77. The molecule has 1 heterocycles. The maximum absolute atomic E-state index is 14.1. The molecule has 0 saturated carbocycles. The molecule has 0 spiro atoms. The van der Waals surface area contributed by atoms with Crippen molar-refractivity contribution < 1.29 is 8.60 Å². The van der Waals surface area contributed by atoms with Gasteiger partial charge in [-0.15, -0.1) is 0 Å². The van der Waals surface area contributed by atoms with E-state index in [9.17, 15) is 8.60 Å². The number of nitrogens with zero attached hydrogens (tertiary/aromatic N) is 1. The summed E-state index contributed by atoms with van der Waals surface area (Å²) < 4.78 is 25.5. The molecule has 19 heavy (non-hydrogen) atoms. The Morgan fingerprint density at radius 2 is 2.26 bits per heavy atom. The van der Waals surface area contributed by atoms with E-state index in [0.717, 1.165) is 0 Å². The summed E-state index contributed by atoms with van der Waals surface area (Å²) >= 11 is 3.26. The Morgan fingerprint density at radius 1 is 1.63 bits per heavy atom. The lowest BCUT2D eigenvalue weighted by molar-refractivity contribution is 0.400. The zero-order chi connectivity index (χ0) is 14.6. The normalized spacial score (nSPS) is 16.2. The van der Waals surface area contributed by atoms with E-state index in [-0.39, 0.29) is 0 Å². The first-order valence-electron chi connectivity index (χ1n) is 5.94. The maximum Gasteiger partial charge on any atom is 0.127 e. The van der Waals surface area contributed by atoms with Crippen LogP contribution in [0.1, 0.15) is 32.9 Å². The highest BCUT2D eigenvalue weighted by Crippen LogP contribution is 2.27. The van der Waals surface area contributed by atoms with Gasteiger partial charge in [0.15, 0.2) is 0 Å². The maximum atomic E-state index is 14.1. The van der Waals surface area contributed by atoms with Crippen LogP contribution >= 0.6 is 15.9 Å². The summed E-state index contributed by atoms with van der Waals surface area (Å²) in [6.45, 7) is 5.18. The van der Waals surface area contributed by atoms with Gasteiger partial charge in [0.2, 0.25) is 0 Å². The highest BCUT2D eigenvalue weighted by molar-refractivity contribution is 9.10. The first kappa shape index (κ1) is 16.5. The molecule has 0 radical (unpaired) electrons. The van der Waals surface area contributed by atoms with Crippen molar-refractivity contribution in [2.45, 2.75) is 38.1 Å². The number of pyridine rings is 1. The average molecular weight is 349 g/mol. The Bertz CT molecular complexity index is 505. The quantitative estimate of drug-likeness (QED) is 0.829. The fourth-order valence-electron chi connectivity index (χ4n) is 1.55. The van der Waals surface area contributed by atoms with Crippen molar-refractivity contribution in [3.8, 4) is 0 Å². The van der Waals surface area contributed by atoms with Crippen LogP contribution in [-0.4, -0.2) is 20.1 Å². The third-order valence-corrected chi connectivity index (χ3v) is 4.32. The average Bonchev–Trinajstić information content (AvgIpc) is 2.35. The molecule has 2 atom stereocenters. The summed E-state index contributed by atoms with van der Waals surface area (Å²) in [7, 11) is -1.58. The van der Waals surface area contributed by atoms with Gasteiger partial charge in [0.05, 0.1) is 21.4 Å². The molecular weight excluding hydrogens is 331 g/mol. The van der Waals surface area contributed by atoms with E-state index >= 15 is 0 Å². The van der Waals surface area contributed by atoms with Crippen molar-refractivity contribution in [1.29, 1.82) is 0 Å². The van der Waals surface area contributed by atoms with Gasteiger partial charge in [0.25, 0.3) is 0 Å². The van der Waals surface area contributed by atoms with Gasteiger partial charge < -0.3 is 0 Å². The molecule has 106 valence electrons. The molecule has 0 bridgehead atoms. The van der Waals surface area contributed by atoms with Crippen molar-refractivity contribution in [2.75, 3.05) is 0 Å². The molecule has 0 saturated heterocycles. The Morgan fingerprint density at radius 3 is 2.74 bits per heavy atom. The molecule has 0 amide bonds. The highest BCUT2D eigenvalue weighted by atomic mass is 79.9. The molecule has 0 aliphatic rings. The Labute approximate surface area is 124 Å². The smallest absolute Gasteiger partial charge is 0.127 e. The van der Waals surface area contributed by atoms with E-state index in [0.29, 0.717) is 22.3 Å². The van der Waals surface area contributed by atoms with Crippen molar-refractivity contribution in [3.05, 3.63) is 34.6 Å². The third kappa shape index (κ3) is 4.47. The van der Waals surface area contributed by atoms with Gasteiger partial charge in [-0.2, -0.15) is 0 Å². The number of alkyl halides is 1. The minimum absolute atomic E-state index is 0.327. The molecule has 0 fully saturated rings. The van der Waals surface area contributed by atoms with Crippen LogP contribution in [0.3, 0.4) is 0 Å². The largest absolute Gasteiger partial charge is 0.251 e. The van der Waals surface area contributed by atoms with E-state index in [1.807, 2.05) is 0 Å².